The van der Waals surface area contributed by atoms with Crippen molar-refractivity contribution in [1.82, 2.24) is 0 Å². The van der Waals surface area contributed by atoms with Gasteiger partial charge in [0.2, 0.25) is 0 Å². The second-order valence-electron chi connectivity index (χ2n) is 18.0. The first-order chi connectivity index (χ1) is 32.5. The summed E-state index contributed by atoms with van der Waals surface area (Å²) in [5.41, 5.74) is 20.9. The van der Waals surface area contributed by atoms with Crippen molar-refractivity contribution in [3.05, 3.63) is 236 Å². The minimum atomic E-state index is -0.145. The third kappa shape index (κ3) is 5.97. The zero-order valence-corrected chi connectivity index (χ0v) is 36.6. The van der Waals surface area contributed by atoms with Crippen LogP contribution in [-0.2, 0) is 5.41 Å². The highest BCUT2D eigenvalue weighted by Gasteiger charge is 2.36. The Balaban J connectivity index is 0.944. The highest BCUT2D eigenvalue weighted by atomic mass is 16.3. The van der Waals surface area contributed by atoms with Gasteiger partial charge in [0.05, 0.1) is 0 Å². The number of rotatable bonds is 7. The second kappa shape index (κ2) is 14.8. The molecule has 10 aromatic carbocycles. The van der Waals surface area contributed by atoms with Crippen molar-refractivity contribution in [2.24, 2.45) is 0 Å². The lowest BCUT2D eigenvalue weighted by atomic mass is 9.81. The van der Waals surface area contributed by atoms with Gasteiger partial charge in [0.15, 0.2) is 0 Å². The van der Waals surface area contributed by atoms with E-state index in [-0.39, 0.29) is 5.41 Å². The third-order valence-electron chi connectivity index (χ3n) is 13.9. The molecule has 0 N–H and O–H groups in total. The van der Waals surface area contributed by atoms with E-state index >= 15 is 0 Å². The van der Waals surface area contributed by atoms with Crippen LogP contribution < -0.4 is 4.90 Å². The standard InChI is InChI=1S/C63H43NO2/c1-63(2)55-22-11-9-18-50(55)51-37-30-45(38-56(51)63)59-60-53-19-10-12-23-57(53)65-58(60)39-54-52-21-13-20-49(61(52)66-62(54)59)44-28-35-48(36-29-44)64(46-31-24-42(25-32-46)40-14-5-3-6-15-40)47-33-26-43(27-34-47)41-16-7-4-8-17-41/h3-39H,1-2H3. The van der Waals surface area contributed by atoms with Crippen LogP contribution in [0.5, 0.6) is 0 Å². The Bertz CT molecular complexity index is 3720. The van der Waals surface area contributed by atoms with Gasteiger partial charge in [-0.1, -0.05) is 184 Å². The molecule has 66 heavy (non-hydrogen) atoms. The third-order valence-corrected chi connectivity index (χ3v) is 13.9. The topological polar surface area (TPSA) is 29.5 Å². The number of furan rings is 2. The lowest BCUT2D eigenvalue weighted by molar-refractivity contribution is 0.660. The summed E-state index contributed by atoms with van der Waals surface area (Å²) in [7, 11) is 0. The molecule has 0 radical (unpaired) electrons. The predicted octanol–water partition coefficient (Wildman–Crippen LogP) is 17.9. The van der Waals surface area contributed by atoms with Crippen molar-refractivity contribution < 1.29 is 8.83 Å². The van der Waals surface area contributed by atoms with Crippen LogP contribution in [0.3, 0.4) is 0 Å². The average molecular weight is 846 g/mol. The summed E-state index contributed by atoms with van der Waals surface area (Å²) in [5, 5.41) is 4.25. The fraction of sp³-hybridized carbons (Fsp3) is 0.0476. The molecule has 0 amide bonds. The molecule has 3 nitrogen and oxygen atoms in total. The van der Waals surface area contributed by atoms with Gasteiger partial charge in [0.25, 0.3) is 0 Å². The number of para-hydroxylation sites is 2. The smallest absolute Gasteiger partial charge is 0.144 e. The molecular formula is C63H43NO2. The molecule has 0 atom stereocenters. The van der Waals surface area contributed by atoms with E-state index in [0.717, 1.165) is 83.2 Å². The predicted molar refractivity (Wildman–Crippen MR) is 275 cm³/mol. The number of anilines is 3. The molecule has 2 aromatic heterocycles. The van der Waals surface area contributed by atoms with Gasteiger partial charge in [-0.2, -0.15) is 0 Å². The Morgan fingerprint density at radius 3 is 1.52 bits per heavy atom. The van der Waals surface area contributed by atoms with Crippen molar-refractivity contribution in [2.75, 3.05) is 4.90 Å². The van der Waals surface area contributed by atoms with E-state index in [4.69, 9.17) is 8.83 Å². The zero-order chi connectivity index (χ0) is 43.9. The van der Waals surface area contributed by atoms with Crippen LogP contribution in [0.25, 0.3) is 99.5 Å². The minimum absolute atomic E-state index is 0.145. The Labute approximate surface area is 383 Å². The largest absolute Gasteiger partial charge is 0.456 e. The van der Waals surface area contributed by atoms with Crippen molar-refractivity contribution in [2.45, 2.75) is 19.3 Å². The van der Waals surface area contributed by atoms with E-state index in [1.165, 1.54) is 44.5 Å². The molecule has 0 saturated carbocycles. The monoisotopic (exact) mass is 845 g/mol. The van der Waals surface area contributed by atoms with E-state index in [1.807, 2.05) is 6.07 Å². The molecule has 0 bridgehead atoms. The van der Waals surface area contributed by atoms with Gasteiger partial charge in [-0.25, -0.2) is 0 Å². The van der Waals surface area contributed by atoms with Crippen molar-refractivity contribution in [3.63, 3.8) is 0 Å². The normalized spacial score (nSPS) is 12.8. The quantitative estimate of drug-likeness (QED) is 0.160. The van der Waals surface area contributed by atoms with Crippen LogP contribution in [-0.4, -0.2) is 0 Å². The summed E-state index contributed by atoms with van der Waals surface area (Å²) in [6, 6.07) is 80.5. The van der Waals surface area contributed by atoms with E-state index in [0.29, 0.717) is 0 Å². The lowest BCUT2D eigenvalue weighted by Crippen LogP contribution is -2.14. The lowest BCUT2D eigenvalue weighted by Gasteiger charge is -2.26. The van der Waals surface area contributed by atoms with Crippen LogP contribution >= 0.6 is 0 Å². The average Bonchev–Trinajstić information content (AvgIpc) is 4.01. The van der Waals surface area contributed by atoms with Gasteiger partial charge in [-0.05, 0) is 110 Å². The molecular weight excluding hydrogens is 803 g/mol. The van der Waals surface area contributed by atoms with Crippen LogP contribution in [0.1, 0.15) is 25.0 Å². The molecule has 1 aliphatic rings. The molecule has 0 aliphatic heterocycles. The summed E-state index contributed by atoms with van der Waals surface area (Å²) < 4.78 is 13.9. The summed E-state index contributed by atoms with van der Waals surface area (Å²) in [6.45, 7) is 4.68. The maximum absolute atomic E-state index is 7.24. The van der Waals surface area contributed by atoms with Gasteiger partial charge < -0.3 is 13.7 Å². The van der Waals surface area contributed by atoms with Crippen LogP contribution in [0.15, 0.2) is 233 Å². The molecule has 312 valence electrons. The number of hydrogen-bond acceptors (Lipinski definition) is 3. The Kier molecular flexibility index (Phi) is 8.56. The molecule has 2 heterocycles. The fourth-order valence-corrected chi connectivity index (χ4v) is 10.6. The Morgan fingerprint density at radius 2 is 0.848 bits per heavy atom. The number of nitrogens with zero attached hydrogens (tertiary/aromatic N) is 1. The number of fused-ring (bicyclic) bond motifs is 9. The van der Waals surface area contributed by atoms with Gasteiger partial charge in [-0.15, -0.1) is 0 Å². The molecule has 0 unspecified atom stereocenters. The first kappa shape index (κ1) is 38.1. The molecule has 3 heteroatoms. The van der Waals surface area contributed by atoms with Gasteiger partial charge in [0.1, 0.15) is 22.3 Å². The highest BCUT2D eigenvalue weighted by Crippen LogP contribution is 2.52. The van der Waals surface area contributed by atoms with Crippen LogP contribution in [0.2, 0.25) is 0 Å². The minimum Gasteiger partial charge on any atom is -0.456 e. The van der Waals surface area contributed by atoms with E-state index < -0.39 is 0 Å². The van der Waals surface area contributed by atoms with E-state index in [1.54, 1.807) is 0 Å². The molecule has 0 saturated heterocycles. The second-order valence-corrected chi connectivity index (χ2v) is 18.0. The fourth-order valence-electron chi connectivity index (χ4n) is 10.6. The summed E-state index contributed by atoms with van der Waals surface area (Å²) >= 11 is 0. The van der Waals surface area contributed by atoms with E-state index in [9.17, 15) is 0 Å². The first-order valence-electron chi connectivity index (χ1n) is 22.7. The molecule has 1 aliphatic carbocycles. The van der Waals surface area contributed by atoms with Gasteiger partial charge >= 0.3 is 0 Å². The first-order valence-corrected chi connectivity index (χ1v) is 22.7. The molecule has 12 aromatic rings. The summed E-state index contributed by atoms with van der Waals surface area (Å²) in [6.07, 6.45) is 0. The molecule has 0 spiro atoms. The van der Waals surface area contributed by atoms with Crippen LogP contribution in [0, 0.1) is 0 Å². The SMILES string of the molecule is CC1(C)c2ccccc2-c2ccc(-c3c4oc5c(-c6ccc(N(c7ccc(-c8ccccc8)cc7)c7ccc(-c8ccccc8)cc7)cc6)cccc5c4cc4oc5ccccc5c34)cc21. The van der Waals surface area contributed by atoms with E-state index in [2.05, 4.69) is 237 Å². The molecule has 13 rings (SSSR count). The number of benzene rings is 10. The van der Waals surface area contributed by atoms with Crippen molar-refractivity contribution in [1.29, 1.82) is 0 Å². The molecule has 0 fully saturated rings. The zero-order valence-electron chi connectivity index (χ0n) is 36.6. The summed E-state index contributed by atoms with van der Waals surface area (Å²) in [4.78, 5) is 2.33. The Morgan fingerprint density at radius 1 is 0.333 bits per heavy atom. The van der Waals surface area contributed by atoms with Crippen molar-refractivity contribution in [3.8, 4) is 55.6 Å². The van der Waals surface area contributed by atoms with Crippen LogP contribution in [0.4, 0.5) is 17.1 Å². The number of hydrogen-bond donors (Lipinski definition) is 0. The summed E-state index contributed by atoms with van der Waals surface area (Å²) in [5.74, 6) is 0. The van der Waals surface area contributed by atoms with Gasteiger partial charge in [-0.3, -0.25) is 0 Å². The maximum atomic E-state index is 7.24. The highest BCUT2D eigenvalue weighted by molar-refractivity contribution is 6.24. The van der Waals surface area contributed by atoms with Gasteiger partial charge in [0, 0.05) is 55.1 Å². The maximum Gasteiger partial charge on any atom is 0.144 e. The van der Waals surface area contributed by atoms with Crippen molar-refractivity contribution >= 4 is 60.9 Å². The Hall–Kier alpha value is -8.40.